The van der Waals surface area contributed by atoms with Crippen LogP contribution in [0.15, 0.2) is 33.6 Å². The molecule has 2 aromatic rings. The van der Waals surface area contributed by atoms with Gasteiger partial charge in [0.05, 0.1) is 18.6 Å². The first-order valence-electron chi connectivity index (χ1n) is 6.39. The molecule has 2 rings (SSSR count). The fraction of sp³-hybridized carbons (Fsp3) is 0.385. The van der Waals surface area contributed by atoms with Crippen LogP contribution in [0.3, 0.4) is 0 Å². The molecule has 0 aliphatic rings. The van der Waals surface area contributed by atoms with Gasteiger partial charge in [0.2, 0.25) is 21.8 Å². The smallest absolute Gasteiger partial charge is 0.243 e. The maximum Gasteiger partial charge on any atom is 0.243 e. The van der Waals surface area contributed by atoms with E-state index in [1.807, 2.05) is 6.92 Å². The Morgan fingerprint density at radius 1 is 1.29 bits per heavy atom. The summed E-state index contributed by atoms with van der Waals surface area (Å²) in [5.41, 5.74) is 0. The van der Waals surface area contributed by atoms with E-state index in [2.05, 4.69) is 10.2 Å². The number of rotatable bonds is 6. The van der Waals surface area contributed by atoms with E-state index in [1.54, 1.807) is 12.1 Å². The van der Waals surface area contributed by atoms with Crippen molar-refractivity contribution in [1.29, 1.82) is 0 Å². The SMILES string of the molecule is CCc1nnc(CN(C)S(=O)(=O)c2cccc(OC)c2)o1. The lowest BCUT2D eigenvalue weighted by Crippen LogP contribution is -2.26. The number of hydrogen-bond donors (Lipinski definition) is 0. The number of aromatic nitrogens is 2. The Labute approximate surface area is 123 Å². The van der Waals surface area contributed by atoms with Crippen LogP contribution < -0.4 is 4.74 Å². The molecule has 1 heterocycles. The van der Waals surface area contributed by atoms with Gasteiger partial charge in [-0.3, -0.25) is 0 Å². The summed E-state index contributed by atoms with van der Waals surface area (Å²) >= 11 is 0. The van der Waals surface area contributed by atoms with E-state index in [0.29, 0.717) is 18.1 Å². The molecule has 0 aliphatic carbocycles. The quantitative estimate of drug-likeness (QED) is 0.803. The molecule has 0 radical (unpaired) electrons. The van der Waals surface area contributed by atoms with Crippen LogP contribution in [0.4, 0.5) is 0 Å². The fourth-order valence-corrected chi connectivity index (χ4v) is 2.87. The summed E-state index contributed by atoms with van der Waals surface area (Å²) in [6, 6.07) is 6.29. The van der Waals surface area contributed by atoms with Gasteiger partial charge >= 0.3 is 0 Å². The Hall–Kier alpha value is -1.93. The average molecular weight is 311 g/mol. The van der Waals surface area contributed by atoms with E-state index in [-0.39, 0.29) is 17.3 Å². The molecule has 0 bridgehead atoms. The summed E-state index contributed by atoms with van der Waals surface area (Å²) in [6.07, 6.45) is 0.610. The Kier molecular flexibility index (Phi) is 4.59. The van der Waals surface area contributed by atoms with E-state index in [1.165, 1.54) is 26.3 Å². The number of methoxy groups -OCH3 is 1. The van der Waals surface area contributed by atoms with Gasteiger partial charge in [0.25, 0.3) is 0 Å². The zero-order valence-electron chi connectivity index (χ0n) is 12.1. The molecule has 7 nitrogen and oxygen atoms in total. The van der Waals surface area contributed by atoms with Crippen LogP contribution >= 0.6 is 0 Å². The molecule has 114 valence electrons. The number of ether oxygens (including phenoxy) is 1. The first-order chi connectivity index (χ1) is 9.97. The standard InChI is InChI=1S/C13H17N3O4S/c1-4-12-14-15-13(20-12)9-16(2)21(17,18)11-7-5-6-10(8-11)19-3/h5-8H,4,9H2,1-3H3. The second kappa shape index (κ2) is 6.23. The van der Waals surface area contributed by atoms with Gasteiger partial charge < -0.3 is 9.15 Å². The van der Waals surface area contributed by atoms with Crippen molar-refractivity contribution in [3.8, 4) is 5.75 Å². The Balaban J connectivity index is 2.21. The van der Waals surface area contributed by atoms with E-state index in [4.69, 9.17) is 9.15 Å². The molecular formula is C13H17N3O4S. The first-order valence-corrected chi connectivity index (χ1v) is 7.83. The van der Waals surface area contributed by atoms with Crippen LogP contribution in [0.1, 0.15) is 18.7 Å². The van der Waals surface area contributed by atoms with Crippen molar-refractivity contribution in [2.75, 3.05) is 14.2 Å². The second-order valence-electron chi connectivity index (χ2n) is 4.38. The second-order valence-corrected chi connectivity index (χ2v) is 6.43. The van der Waals surface area contributed by atoms with Gasteiger partial charge in [0, 0.05) is 19.5 Å². The largest absolute Gasteiger partial charge is 0.497 e. The molecular weight excluding hydrogens is 294 g/mol. The number of aryl methyl sites for hydroxylation is 1. The third-order valence-corrected chi connectivity index (χ3v) is 4.72. The summed E-state index contributed by atoms with van der Waals surface area (Å²) in [5, 5.41) is 7.63. The van der Waals surface area contributed by atoms with Crippen LogP contribution in [-0.2, 0) is 23.0 Å². The third-order valence-electron chi connectivity index (χ3n) is 2.92. The molecule has 1 aromatic heterocycles. The Morgan fingerprint density at radius 3 is 2.62 bits per heavy atom. The summed E-state index contributed by atoms with van der Waals surface area (Å²) in [6.45, 7) is 1.90. The zero-order chi connectivity index (χ0) is 15.5. The Bertz CT molecular complexity index is 712. The molecule has 21 heavy (non-hydrogen) atoms. The number of nitrogens with zero attached hydrogens (tertiary/aromatic N) is 3. The molecule has 0 atom stereocenters. The van der Waals surface area contributed by atoms with Crippen LogP contribution in [0, 0.1) is 0 Å². The molecule has 0 saturated carbocycles. The molecule has 0 aliphatic heterocycles. The van der Waals surface area contributed by atoms with Gasteiger partial charge in [0.15, 0.2) is 0 Å². The van der Waals surface area contributed by atoms with E-state index in [0.717, 1.165) is 4.31 Å². The van der Waals surface area contributed by atoms with Gasteiger partial charge in [-0.25, -0.2) is 8.42 Å². The zero-order valence-corrected chi connectivity index (χ0v) is 12.9. The van der Waals surface area contributed by atoms with Crippen LogP contribution in [0.2, 0.25) is 0 Å². The molecule has 1 aromatic carbocycles. The first kappa shape index (κ1) is 15.5. The predicted molar refractivity (Wildman–Crippen MR) is 75.3 cm³/mol. The average Bonchev–Trinajstić information content (AvgIpc) is 2.94. The van der Waals surface area contributed by atoms with Gasteiger partial charge in [-0.05, 0) is 12.1 Å². The number of sulfonamides is 1. The molecule has 0 spiro atoms. The number of benzene rings is 1. The maximum atomic E-state index is 12.5. The van der Waals surface area contributed by atoms with Crippen molar-refractivity contribution >= 4 is 10.0 Å². The van der Waals surface area contributed by atoms with Crippen LogP contribution in [0.5, 0.6) is 5.75 Å². The lowest BCUT2D eigenvalue weighted by molar-refractivity contribution is 0.381. The molecule has 0 saturated heterocycles. The molecule has 0 N–H and O–H groups in total. The van der Waals surface area contributed by atoms with Crippen molar-refractivity contribution in [2.24, 2.45) is 0 Å². The Morgan fingerprint density at radius 2 is 2.00 bits per heavy atom. The van der Waals surface area contributed by atoms with Crippen molar-refractivity contribution in [2.45, 2.75) is 24.8 Å². The van der Waals surface area contributed by atoms with Gasteiger partial charge in [-0.15, -0.1) is 10.2 Å². The van der Waals surface area contributed by atoms with Crippen molar-refractivity contribution < 1.29 is 17.6 Å². The predicted octanol–water partition coefficient (Wildman–Crippen LogP) is 1.46. The fourth-order valence-electron chi connectivity index (χ4n) is 1.71. The van der Waals surface area contributed by atoms with Crippen LogP contribution in [0.25, 0.3) is 0 Å². The normalized spacial score (nSPS) is 11.8. The topological polar surface area (TPSA) is 85.5 Å². The third kappa shape index (κ3) is 3.40. The van der Waals surface area contributed by atoms with Crippen LogP contribution in [-0.4, -0.2) is 37.1 Å². The highest BCUT2D eigenvalue weighted by Gasteiger charge is 2.23. The van der Waals surface area contributed by atoms with Crippen molar-refractivity contribution in [1.82, 2.24) is 14.5 Å². The summed E-state index contributed by atoms with van der Waals surface area (Å²) in [5.74, 6) is 1.23. The maximum absolute atomic E-state index is 12.5. The molecule has 0 fully saturated rings. The molecule has 0 unspecified atom stereocenters. The minimum absolute atomic E-state index is 0.0204. The molecule has 0 amide bonds. The lowest BCUT2D eigenvalue weighted by atomic mass is 10.3. The lowest BCUT2D eigenvalue weighted by Gasteiger charge is -2.15. The number of hydrogen-bond acceptors (Lipinski definition) is 6. The minimum Gasteiger partial charge on any atom is -0.497 e. The summed E-state index contributed by atoms with van der Waals surface area (Å²) in [7, 11) is -0.692. The molecule has 8 heteroatoms. The summed E-state index contributed by atoms with van der Waals surface area (Å²) < 4.78 is 36.5. The minimum atomic E-state index is -3.64. The van der Waals surface area contributed by atoms with E-state index >= 15 is 0 Å². The van der Waals surface area contributed by atoms with Gasteiger partial charge in [-0.1, -0.05) is 13.0 Å². The summed E-state index contributed by atoms with van der Waals surface area (Å²) in [4.78, 5) is 0.152. The highest BCUT2D eigenvalue weighted by molar-refractivity contribution is 7.89. The van der Waals surface area contributed by atoms with E-state index in [9.17, 15) is 8.42 Å². The highest BCUT2D eigenvalue weighted by Crippen LogP contribution is 2.21. The van der Waals surface area contributed by atoms with Crippen molar-refractivity contribution in [3.63, 3.8) is 0 Å². The van der Waals surface area contributed by atoms with Crippen molar-refractivity contribution in [3.05, 3.63) is 36.0 Å². The van der Waals surface area contributed by atoms with Gasteiger partial charge in [0.1, 0.15) is 5.75 Å². The monoisotopic (exact) mass is 311 g/mol. The van der Waals surface area contributed by atoms with Gasteiger partial charge in [-0.2, -0.15) is 4.31 Å². The van der Waals surface area contributed by atoms with E-state index < -0.39 is 10.0 Å². The highest BCUT2D eigenvalue weighted by atomic mass is 32.2.